The standard InChI is InChI=1S/C46H56N2S/c1-7-17-35-20-16-24-39(38-21-12-10-18-31(38)4)34(8-2)30-48(44(35)9-3)37-26-27-42-40-22-13-14-23-41(40)43(46(42)33(6)32(5)28-37)29-36-19-11-15-25-45(36)49-47/h3,7,11,13-19,22-28,32-33,36,38,42-43,45-46H,8,10,12,20-21,29-30,47H2,1-2,4-6H3. The van der Waals surface area contributed by atoms with Crippen molar-refractivity contribution in [1.29, 1.82) is 0 Å². The zero-order chi connectivity index (χ0) is 34.5. The van der Waals surface area contributed by atoms with Crippen LogP contribution in [0.5, 0.6) is 0 Å². The highest BCUT2D eigenvalue weighted by atomic mass is 32.2. The van der Waals surface area contributed by atoms with Crippen LogP contribution in [0.25, 0.3) is 0 Å². The van der Waals surface area contributed by atoms with Gasteiger partial charge in [0.05, 0.1) is 5.70 Å². The first-order valence-electron chi connectivity index (χ1n) is 18.7. The first kappa shape index (κ1) is 35.4. The molecule has 8 unspecified atom stereocenters. The third-order valence-corrected chi connectivity index (χ3v) is 13.0. The number of nitrogens with two attached hydrogens (primary N) is 1. The fourth-order valence-corrected chi connectivity index (χ4v) is 10.0. The van der Waals surface area contributed by atoms with Gasteiger partial charge in [0.15, 0.2) is 0 Å². The van der Waals surface area contributed by atoms with Crippen LogP contribution in [0.2, 0.25) is 0 Å². The van der Waals surface area contributed by atoms with Crippen LogP contribution in [-0.4, -0.2) is 16.7 Å². The number of hydrogen-bond donors (Lipinski definition) is 1. The second-order valence-corrected chi connectivity index (χ2v) is 15.6. The van der Waals surface area contributed by atoms with Crippen LogP contribution < -0.4 is 5.14 Å². The first-order valence-corrected chi connectivity index (χ1v) is 19.7. The Hall–Kier alpha value is -3.45. The lowest BCUT2D eigenvalue weighted by Crippen LogP contribution is -2.31. The van der Waals surface area contributed by atoms with E-state index < -0.39 is 0 Å². The molecule has 0 aromatic heterocycles. The number of rotatable bonds is 7. The fourth-order valence-electron chi connectivity index (χ4n) is 9.42. The van der Waals surface area contributed by atoms with Crippen LogP contribution in [-0.2, 0) is 0 Å². The molecule has 5 aliphatic rings. The molecule has 256 valence electrons. The summed E-state index contributed by atoms with van der Waals surface area (Å²) in [5.41, 5.74) is 11.0. The van der Waals surface area contributed by atoms with E-state index in [2.05, 4.69) is 143 Å². The van der Waals surface area contributed by atoms with E-state index in [1.165, 1.54) is 70.3 Å². The third-order valence-electron chi connectivity index (χ3n) is 12.2. The Balaban J connectivity index is 1.43. The van der Waals surface area contributed by atoms with Gasteiger partial charge in [0.25, 0.3) is 0 Å². The maximum Gasteiger partial charge on any atom is 0.0959 e. The summed E-state index contributed by atoms with van der Waals surface area (Å²) in [6.45, 7) is 12.5. The number of fused-ring (bicyclic) bond motifs is 3. The predicted molar refractivity (Wildman–Crippen MR) is 212 cm³/mol. The minimum Gasteiger partial charge on any atom is -0.331 e. The number of allylic oxidation sites excluding steroid dienone is 15. The molecule has 0 saturated carbocycles. The van der Waals surface area contributed by atoms with Gasteiger partial charge in [0.1, 0.15) is 0 Å². The molecule has 2 nitrogen and oxygen atoms in total. The monoisotopic (exact) mass is 668 g/mol. The Labute approximate surface area is 301 Å². The van der Waals surface area contributed by atoms with E-state index in [0.717, 1.165) is 31.5 Å². The smallest absolute Gasteiger partial charge is 0.0959 e. The average molecular weight is 669 g/mol. The Morgan fingerprint density at radius 2 is 1.88 bits per heavy atom. The van der Waals surface area contributed by atoms with Crippen LogP contribution in [0.1, 0.15) is 96.1 Å². The minimum absolute atomic E-state index is 0.323. The molecule has 0 radical (unpaired) electrons. The molecule has 3 heteroatoms. The van der Waals surface area contributed by atoms with Gasteiger partial charge in [0, 0.05) is 29.3 Å². The highest BCUT2D eigenvalue weighted by molar-refractivity contribution is 7.97. The second kappa shape index (κ2) is 16.1. The predicted octanol–water partition coefficient (Wildman–Crippen LogP) is 11.5. The van der Waals surface area contributed by atoms with E-state index >= 15 is 0 Å². The first-order chi connectivity index (χ1) is 23.9. The van der Waals surface area contributed by atoms with Gasteiger partial charge in [-0.05, 0) is 116 Å². The zero-order valence-electron chi connectivity index (χ0n) is 30.3. The van der Waals surface area contributed by atoms with Crippen LogP contribution >= 0.6 is 11.9 Å². The molecule has 1 aromatic carbocycles. The lowest BCUT2D eigenvalue weighted by atomic mass is 9.69. The number of hydrogen-bond acceptors (Lipinski definition) is 3. The molecule has 0 bridgehead atoms. The lowest BCUT2D eigenvalue weighted by molar-refractivity contribution is 0.231. The largest absolute Gasteiger partial charge is 0.331 e. The molecule has 1 heterocycles. The van der Waals surface area contributed by atoms with Crippen molar-refractivity contribution in [3.05, 3.63) is 142 Å². The van der Waals surface area contributed by atoms with E-state index in [1.54, 1.807) is 0 Å². The van der Waals surface area contributed by atoms with Gasteiger partial charge in [-0.25, -0.2) is 0 Å². The summed E-state index contributed by atoms with van der Waals surface area (Å²) < 4.78 is 0. The van der Waals surface area contributed by atoms with Crippen LogP contribution in [0.15, 0.2) is 131 Å². The van der Waals surface area contributed by atoms with E-state index in [4.69, 9.17) is 11.6 Å². The van der Waals surface area contributed by atoms with Crippen molar-refractivity contribution < 1.29 is 0 Å². The third kappa shape index (κ3) is 7.24. The lowest BCUT2D eigenvalue weighted by Gasteiger charge is -2.38. The number of nitrogens with zero attached hydrogens (tertiary/aromatic N) is 1. The van der Waals surface area contributed by atoms with Crippen molar-refractivity contribution in [2.24, 2.45) is 34.7 Å². The molecule has 4 aliphatic carbocycles. The summed E-state index contributed by atoms with van der Waals surface area (Å²) in [6.07, 6.45) is 41.3. The van der Waals surface area contributed by atoms with Gasteiger partial charge in [0.2, 0.25) is 0 Å². The van der Waals surface area contributed by atoms with E-state index in [1.807, 2.05) is 0 Å². The van der Waals surface area contributed by atoms with E-state index in [9.17, 15) is 0 Å². The van der Waals surface area contributed by atoms with Gasteiger partial charge in [-0.3, -0.25) is 5.14 Å². The molecule has 0 fully saturated rings. The van der Waals surface area contributed by atoms with Gasteiger partial charge in [-0.1, -0.05) is 135 Å². The molecule has 0 amide bonds. The van der Waals surface area contributed by atoms with Crippen molar-refractivity contribution in [2.75, 3.05) is 6.54 Å². The second-order valence-electron chi connectivity index (χ2n) is 14.8. The maximum atomic E-state index is 6.48. The summed E-state index contributed by atoms with van der Waals surface area (Å²) in [6, 6.07) is 9.26. The van der Waals surface area contributed by atoms with Crippen molar-refractivity contribution in [3.8, 4) is 12.3 Å². The molecule has 0 spiro atoms. The molecule has 0 saturated heterocycles. The molecule has 8 atom stereocenters. The molecule has 1 aliphatic heterocycles. The Kier molecular flexibility index (Phi) is 11.6. The Morgan fingerprint density at radius 3 is 2.61 bits per heavy atom. The summed E-state index contributed by atoms with van der Waals surface area (Å²) in [5.74, 6) is 6.33. The van der Waals surface area contributed by atoms with Crippen molar-refractivity contribution in [1.82, 2.24) is 4.90 Å². The fraction of sp³-hybridized carbons (Fsp3) is 0.435. The summed E-state index contributed by atoms with van der Waals surface area (Å²) in [5, 5.41) is 6.53. The normalized spacial score (nSPS) is 31.7. The van der Waals surface area contributed by atoms with Crippen LogP contribution in [0.3, 0.4) is 0 Å². The van der Waals surface area contributed by atoms with Crippen molar-refractivity contribution >= 4 is 11.9 Å². The highest BCUT2D eigenvalue weighted by Crippen LogP contribution is 2.56. The maximum absolute atomic E-state index is 6.48. The van der Waals surface area contributed by atoms with Gasteiger partial charge in [-0.2, -0.15) is 0 Å². The zero-order valence-corrected chi connectivity index (χ0v) is 31.1. The molecular weight excluding hydrogens is 613 g/mol. The number of terminal acetylenes is 1. The average Bonchev–Trinajstić information content (AvgIpc) is 3.45. The van der Waals surface area contributed by atoms with Gasteiger partial charge >= 0.3 is 0 Å². The Morgan fingerprint density at radius 1 is 1.08 bits per heavy atom. The van der Waals surface area contributed by atoms with Crippen molar-refractivity contribution in [2.45, 2.75) is 90.2 Å². The molecule has 49 heavy (non-hydrogen) atoms. The molecule has 1 aromatic rings. The van der Waals surface area contributed by atoms with Gasteiger partial charge < -0.3 is 4.90 Å². The van der Waals surface area contributed by atoms with Gasteiger partial charge in [-0.15, -0.1) is 6.42 Å². The topological polar surface area (TPSA) is 29.3 Å². The van der Waals surface area contributed by atoms with Crippen LogP contribution in [0.4, 0.5) is 0 Å². The van der Waals surface area contributed by atoms with Crippen molar-refractivity contribution in [3.63, 3.8) is 0 Å². The summed E-state index contributed by atoms with van der Waals surface area (Å²) >= 11 is 1.49. The molecule has 2 N–H and O–H groups in total. The SMILES string of the molecule is C#CC1=C(C=CC)CC=CC(C2CCCC=C2C)=C(CC)CN1C1=CC(C)C(C)C2C(C=C1)c1ccccc1C2CC1C=CC=CC1SN. The van der Waals surface area contributed by atoms with Crippen LogP contribution in [0, 0.1) is 41.9 Å². The highest BCUT2D eigenvalue weighted by Gasteiger charge is 2.45. The number of benzene rings is 1. The minimum atomic E-state index is 0.323. The summed E-state index contributed by atoms with van der Waals surface area (Å²) in [7, 11) is 0. The van der Waals surface area contributed by atoms with E-state index in [0.29, 0.717) is 46.7 Å². The Bertz CT molecular complexity index is 1700. The van der Waals surface area contributed by atoms with E-state index in [-0.39, 0.29) is 0 Å². The molecule has 6 rings (SSSR count). The summed E-state index contributed by atoms with van der Waals surface area (Å²) in [4.78, 5) is 2.49. The quantitative estimate of drug-likeness (QED) is 0.178. The molecular formula is C46H56N2S.